The third kappa shape index (κ3) is 8.19. The molecule has 2 heterocycles. The summed E-state index contributed by atoms with van der Waals surface area (Å²) in [4.78, 5) is 2.30. The Kier molecular flexibility index (Phi) is 10.0. The summed E-state index contributed by atoms with van der Waals surface area (Å²) in [7, 11) is 0. The number of rotatable bonds is 6. The third-order valence-electron chi connectivity index (χ3n) is 3.07. The molecule has 1 aliphatic heterocycles. The molecule has 1 N–H and O–H groups in total. The van der Waals surface area contributed by atoms with Crippen LogP contribution in [0.15, 0.2) is 12.4 Å². The Hall–Kier alpha value is -0.540. The van der Waals surface area contributed by atoms with Gasteiger partial charge in [0.15, 0.2) is 0 Å². The van der Waals surface area contributed by atoms with Crippen LogP contribution in [-0.4, -0.2) is 60.2 Å². The Morgan fingerprint density at radius 2 is 1.91 bits per heavy atom. The highest BCUT2D eigenvalue weighted by molar-refractivity contribution is 5.85. The molecule has 10 heteroatoms. The van der Waals surface area contributed by atoms with Crippen molar-refractivity contribution < 1.29 is 17.9 Å². The zero-order chi connectivity index (χ0) is 14.4. The molecule has 1 aromatic rings. The lowest BCUT2D eigenvalue weighted by atomic mass is 10.3. The SMILES string of the molecule is Cl.Cl.FC(F)(F)Cn1cc(CNCCN2CCOCC2)cn1. The maximum Gasteiger partial charge on any atom is 0.408 e. The van der Waals surface area contributed by atoms with Gasteiger partial charge >= 0.3 is 6.18 Å². The summed E-state index contributed by atoms with van der Waals surface area (Å²) in [6.45, 7) is 4.61. The molecular formula is C12H21Cl2F3N4O. The average molecular weight is 365 g/mol. The lowest BCUT2D eigenvalue weighted by Gasteiger charge is -2.26. The molecule has 0 bridgehead atoms. The van der Waals surface area contributed by atoms with E-state index in [1.165, 1.54) is 12.4 Å². The topological polar surface area (TPSA) is 42.3 Å². The molecule has 0 atom stereocenters. The third-order valence-corrected chi connectivity index (χ3v) is 3.07. The largest absolute Gasteiger partial charge is 0.408 e. The smallest absolute Gasteiger partial charge is 0.379 e. The van der Waals surface area contributed by atoms with Crippen molar-refractivity contribution in [2.24, 2.45) is 0 Å². The van der Waals surface area contributed by atoms with E-state index in [0.29, 0.717) is 6.54 Å². The van der Waals surface area contributed by atoms with Gasteiger partial charge in [-0.1, -0.05) is 0 Å². The molecule has 130 valence electrons. The average Bonchev–Trinajstić information content (AvgIpc) is 2.81. The normalized spacial score (nSPS) is 16.0. The first-order valence-corrected chi connectivity index (χ1v) is 6.62. The van der Waals surface area contributed by atoms with Crippen molar-refractivity contribution in [3.63, 3.8) is 0 Å². The van der Waals surface area contributed by atoms with Gasteiger partial charge < -0.3 is 10.1 Å². The minimum atomic E-state index is -4.23. The number of nitrogens with one attached hydrogen (secondary N) is 1. The first-order valence-electron chi connectivity index (χ1n) is 6.62. The predicted octanol–water partition coefficient (Wildman–Crippen LogP) is 1.71. The molecule has 1 fully saturated rings. The van der Waals surface area contributed by atoms with Crippen molar-refractivity contribution in [1.82, 2.24) is 20.0 Å². The van der Waals surface area contributed by atoms with E-state index >= 15 is 0 Å². The highest BCUT2D eigenvalue weighted by Crippen LogP contribution is 2.16. The number of hydrogen-bond donors (Lipinski definition) is 1. The van der Waals surface area contributed by atoms with Gasteiger partial charge in [0.2, 0.25) is 0 Å². The second-order valence-corrected chi connectivity index (χ2v) is 4.79. The van der Waals surface area contributed by atoms with Crippen LogP contribution in [-0.2, 0) is 17.8 Å². The Morgan fingerprint density at radius 3 is 2.55 bits per heavy atom. The van der Waals surface area contributed by atoms with Gasteiger partial charge in [-0.2, -0.15) is 18.3 Å². The summed E-state index contributed by atoms with van der Waals surface area (Å²) in [5.41, 5.74) is 0.760. The standard InChI is InChI=1S/C12H19F3N4O.2ClH/c13-12(14,15)10-19-9-11(8-17-19)7-16-1-2-18-3-5-20-6-4-18;;/h8-9,16H,1-7,10H2;2*1H. The van der Waals surface area contributed by atoms with E-state index in [2.05, 4.69) is 15.3 Å². The molecule has 0 spiro atoms. The quantitative estimate of drug-likeness (QED) is 0.780. The maximum absolute atomic E-state index is 12.2. The van der Waals surface area contributed by atoms with Crippen LogP contribution in [0.5, 0.6) is 0 Å². The fraction of sp³-hybridized carbons (Fsp3) is 0.750. The fourth-order valence-corrected chi connectivity index (χ4v) is 2.06. The molecule has 1 aromatic heterocycles. The number of alkyl halides is 3. The summed E-state index contributed by atoms with van der Waals surface area (Å²) >= 11 is 0. The molecule has 2 rings (SSSR count). The van der Waals surface area contributed by atoms with Gasteiger partial charge in [0.1, 0.15) is 6.54 Å². The maximum atomic E-state index is 12.2. The monoisotopic (exact) mass is 364 g/mol. The first-order chi connectivity index (χ1) is 9.53. The van der Waals surface area contributed by atoms with E-state index < -0.39 is 12.7 Å². The van der Waals surface area contributed by atoms with Crippen molar-refractivity contribution in [2.45, 2.75) is 19.3 Å². The first kappa shape index (κ1) is 21.5. The fourth-order valence-electron chi connectivity index (χ4n) is 2.06. The van der Waals surface area contributed by atoms with Crippen LogP contribution < -0.4 is 5.32 Å². The van der Waals surface area contributed by atoms with Crippen LogP contribution >= 0.6 is 24.8 Å². The summed E-state index contributed by atoms with van der Waals surface area (Å²) < 4.78 is 42.7. The molecule has 0 amide bonds. The van der Waals surface area contributed by atoms with E-state index in [1.54, 1.807) is 0 Å². The predicted molar refractivity (Wildman–Crippen MR) is 81.7 cm³/mol. The molecule has 1 aliphatic rings. The lowest BCUT2D eigenvalue weighted by molar-refractivity contribution is -0.142. The number of halogens is 5. The Balaban J connectivity index is 0.00000220. The number of morpholine rings is 1. The summed E-state index contributed by atoms with van der Waals surface area (Å²) in [6.07, 6.45) is -1.34. The van der Waals surface area contributed by atoms with E-state index in [-0.39, 0.29) is 24.8 Å². The number of ether oxygens (including phenoxy) is 1. The minimum Gasteiger partial charge on any atom is -0.379 e. The van der Waals surface area contributed by atoms with Crippen molar-refractivity contribution in [3.05, 3.63) is 18.0 Å². The Morgan fingerprint density at radius 1 is 1.23 bits per heavy atom. The zero-order valence-corrected chi connectivity index (χ0v) is 13.6. The van der Waals surface area contributed by atoms with Crippen LogP contribution in [0.4, 0.5) is 13.2 Å². The number of aromatic nitrogens is 2. The second kappa shape index (κ2) is 10.3. The van der Waals surface area contributed by atoms with E-state index in [1.807, 2.05) is 0 Å². The lowest BCUT2D eigenvalue weighted by Crippen LogP contribution is -2.40. The van der Waals surface area contributed by atoms with Gasteiger partial charge in [-0.15, -0.1) is 24.8 Å². The van der Waals surface area contributed by atoms with Crippen LogP contribution in [0.1, 0.15) is 5.56 Å². The van der Waals surface area contributed by atoms with Crippen LogP contribution in [0.3, 0.4) is 0 Å². The second-order valence-electron chi connectivity index (χ2n) is 4.79. The van der Waals surface area contributed by atoms with Gasteiger partial charge in [0.05, 0.1) is 19.4 Å². The molecule has 22 heavy (non-hydrogen) atoms. The van der Waals surface area contributed by atoms with Gasteiger partial charge in [0.25, 0.3) is 0 Å². The zero-order valence-electron chi connectivity index (χ0n) is 12.0. The van der Waals surface area contributed by atoms with Crippen molar-refractivity contribution in [2.75, 3.05) is 39.4 Å². The van der Waals surface area contributed by atoms with Crippen LogP contribution in [0.2, 0.25) is 0 Å². The highest BCUT2D eigenvalue weighted by Gasteiger charge is 2.28. The number of nitrogens with zero attached hydrogens (tertiary/aromatic N) is 3. The molecular weight excluding hydrogens is 344 g/mol. The Bertz CT molecular complexity index is 411. The molecule has 0 radical (unpaired) electrons. The Labute approximate surface area is 140 Å². The van der Waals surface area contributed by atoms with Crippen molar-refractivity contribution >= 4 is 24.8 Å². The molecule has 0 unspecified atom stereocenters. The summed E-state index contributed by atoms with van der Waals surface area (Å²) in [5, 5.41) is 6.91. The van der Waals surface area contributed by atoms with Crippen LogP contribution in [0, 0.1) is 0 Å². The van der Waals surface area contributed by atoms with Crippen molar-refractivity contribution in [1.29, 1.82) is 0 Å². The van der Waals surface area contributed by atoms with Gasteiger partial charge in [-0.3, -0.25) is 9.58 Å². The van der Waals surface area contributed by atoms with Gasteiger partial charge in [-0.25, -0.2) is 0 Å². The molecule has 0 aliphatic carbocycles. The van der Waals surface area contributed by atoms with Gasteiger partial charge in [-0.05, 0) is 0 Å². The summed E-state index contributed by atoms with van der Waals surface area (Å²) in [6, 6.07) is 0. The molecule has 1 saturated heterocycles. The van der Waals surface area contributed by atoms with Crippen LogP contribution in [0.25, 0.3) is 0 Å². The van der Waals surface area contributed by atoms with E-state index in [0.717, 1.165) is 49.6 Å². The number of hydrogen-bond acceptors (Lipinski definition) is 4. The van der Waals surface area contributed by atoms with E-state index in [9.17, 15) is 13.2 Å². The molecule has 0 aromatic carbocycles. The van der Waals surface area contributed by atoms with Crippen molar-refractivity contribution in [3.8, 4) is 0 Å². The highest BCUT2D eigenvalue weighted by atomic mass is 35.5. The van der Waals surface area contributed by atoms with Gasteiger partial charge in [0, 0.05) is 44.5 Å². The summed E-state index contributed by atoms with van der Waals surface area (Å²) in [5.74, 6) is 0. The molecule has 5 nitrogen and oxygen atoms in total. The van der Waals surface area contributed by atoms with E-state index in [4.69, 9.17) is 4.74 Å². The minimum absolute atomic E-state index is 0. The molecule has 0 saturated carbocycles.